The molecular weight excluding hydrogens is 330 g/mol. The predicted octanol–water partition coefficient (Wildman–Crippen LogP) is 3.77. The Morgan fingerprint density at radius 3 is 2.95 bits per heavy atom. The van der Waals surface area contributed by atoms with Crippen LogP contribution < -0.4 is 10.1 Å². The van der Waals surface area contributed by atoms with Crippen LogP contribution in [0.5, 0.6) is 5.75 Å². The highest BCUT2D eigenvalue weighted by Crippen LogP contribution is 2.21. The third kappa shape index (κ3) is 4.29. The van der Waals surface area contributed by atoms with E-state index in [-0.39, 0.29) is 0 Å². The Morgan fingerprint density at radius 1 is 1.33 bits per heavy atom. The van der Waals surface area contributed by atoms with E-state index < -0.39 is 0 Å². The van der Waals surface area contributed by atoms with Crippen LogP contribution in [0.4, 0.5) is 5.82 Å². The van der Waals surface area contributed by atoms with Gasteiger partial charge in [0.05, 0.1) is 16.7 Å². The van der Waals surface area contributed by atoms with Crippen LogP contribution in [0.15, 0.2) is 47.7 Å². The summed E-state index contributed by atoms with van der Waals surface area (Å²) in [5.74, 6) is 1.68. The number of aromatic nitrogens is 2. The summed E-state index contributed by atoms with van der Waals surface area (Å²) in [6.45, 7) is 6.92. The molecule has 0 radical (unpaired) electrons. The fourth-order valence-corrected chi connectivity index (χ4v) is 2.23. The van der Waals surface area contributed by atoms with Gasteiger partial charge in [-0.05, 0) is 40.9 Å². The molecule has 21 heavy (non-hydrogen) atoms. The molecule has 0 amide bonds. The number of nitrogens with one attached hydrogen (secondary N) is 1. The second-order valence-electron chi connectivity index (χ2n) is 4.50. The van der Waals surface area contributed by atoms with Gasteiger partial charge in [-0.25, -0.2) is 9.97 Å². The molecule has 0 aliphatic heterocycles. The van der Waals surface area contributed by atoms with E-state index in [1.165, 1.54) is 0 Å². The molecule has 0 spiro atoms. The Morgan fingerprint density at radius 2 is 2.14 bits per heavy atom. The van der Waals surface area contributed by atoms with Gasteiger partial charge in [-0.15, -0.1) is 6.58 Å². The van der Waals surface area contributed by atoms with Gasteiger partial charge in [-0.1, -0.05) is 24.3 Å². The minimum absolute atomic E-state index is 0.559. The van der Waals surface area contributed by atoms with Crippen molar-refractivity contribution in [3.63, 3.8) is 0 Å². The fraction of sp³-hybridized carbons (Fsp3) is 0.250. The van der Waals surface area contributed by atoms with Gasteiger partial charge in [0.25, 0.3) is 0 Å². The highest BCUT2D eigenvalue weighted by molar-refractivity contribution is 9.10. The van der Waals surface area contributed by atoms with Gasteiger partial charge in [0.1, 0.15) is 24.5 Å². The first-order chi connectivity index (χ1) is 10.2. The van der Waals surface area contributed by atoms with E-state index in [4.69, 9.17) is 4.74 Å². The Labute approximate surface area is 133 Å². The molecule has 0 bridgehead atoms. The van der Waals surface area contributed by atoms with Crippen LogP contribution >= 0.6 is 15.9 Å². The fourth-order valence-electron chi connectivity index (χ4n) is 1.88. The molecule has 0 atom stereocenters. The second kappa shape index (κ2) is 7.78. The number of hydrogen-bond donors (Lipinski definition) is 1. The monoisotopic (exact) mass is 347 g/mol. The van der Waals surface area contributed by atoms with E-state index >= 15 is 0 Å². The van der Waals surface area contributed by atoms with Gasteiger partial charge in [0.2, 0.25) is 0 Å². The molecule has 0 aliphatic rings. The Balaban J connectivity index is 1.87. The summed E-state index contributed by atoms with van der Waals surface area (Å²) in [6.07, 6.45) is 4.23. The summed E-state index contributed by atoms with van der Waals surface area (Å²) >= 11 is 3.47. The maximum absolute atomic E-state index is 5.81. The van der Waals surface area contributed by atoms with E-state index in [0.29, 0.717) is 13.2 Å². The van der Waals surface area contributed by atoms with Crippen molar-refractivity contribution >= 4 is 21.7 Å². The molecular formula is C16H18BrN3O. The molecule has 1 aromatic carbocycles. The molecule has 5 heteroatoms. The molecule has 110 valence electrons. The third-order valence-electron chi connectivity index (χ3n) is 2.95. The third-order valence-corrected chi connectivity index (χ3v) is 3.90. The zero-order chi connectivity index (χ0) is 15.1. The molecule has 2 rings (SSSR count). The summed E-state index contributed by atoms with van der Waals surface area (Å²) in [5, 5.41) is 3.23. The van der Waals surface area contributed by atoms with Crippen LogP contribution in [0.3, 0.4) is 0 Å². The molecule has 0 aliphatic carbocycles. The van der Waals surface area contributed by atoms with Crippen LogP contribution in [0.2, 0.25) is 0 Å². The highest BCUT2D eigenvalue weighted by atomic mass is 79.9. The number of benzene rings is 1. The van der Waals surface area contributed by atoms with Gasteiger partial charge in [0, 0.05) is 0 Å². The van der Waals surface area contributed by atoms with E-state index in [0.717, 1.165) is 33.7 Å². The average Bonchev–Trinajstić information content (AvgIpc) is 2.49. The molecule has 1 aromatic heterocycles. The maximum Gasteiger partial charge on any atom is 0.144 e. The number of rotatable bonds is 7. The SMILES string of the molecule is C=CCc1ccccc1OCCNc1ncnc(C)c1Br. The minimum atomic E-state index is 0.559. The molecule has 1 heterocycles. The van der Waals surface area contributed by atoms with Crippen molar-refractivity contribution in [2.24, 2.45) is 0 Å². The van der Waals surface area contributed by atoms with Crippen molar-refractivity contribution in [3.05, 3.63) is 59.0 Å². The zero-order valence-corrected chi connectivity index (χ0v) is 13.6. The summed E-state index contributed by atoms with van der Waals surface area (Å²) in [4.78, 5) is 8.30. The standard InChI is InChI=1S/C16H18BrN3O/c1-3-6-13-7-4-5-8-14(13)21-10-9-18-16-15(17)12(2)19-11-20-16/h3-5,7-8,11H,1,6,9-10H2,2H3,(H,18,19,20). The van der Waals surface area contributed by atoms with Crippen LogP contribution in [0, 0.1) is 6.92 Å². The number of nitrogens with zero attached hydrogens (tertiary/aromatic N) is 2. The number of anilines is 1. The van der Waals surface area contributed by atoms with Crippen LogP contribution in [-0.4, -0.2) is 23.1 Å². The van der Waals surface area contributed by atoms with Gasteiger partial charge in [-0.3, -0.25) is 0 Å². The van der Waals surface area contributed by atoms with Gasteiger partial charge < -0.3 is 10.1 Å². The highest BCUT2D eigenvalue weighted by Gasteiger charge is 2.05. The normalized spacial score (nSPS) is 10.2. The van der Waals surface area contributed by atoms with E-state index in [9.17, 15) is 0 Å². The summed E-state index contributed by atoms with van der Waals surface area (Å²) < 4.78 is 6.70. The predicted molar refractivity (Wildman–Crippen MR) is 88.8 cm³/mol. The maximum atomic E-state index is 5.81. The lowest BCUT2D eigenvalue weighted by Crippen LogP contribution is -2.13. The molecule has 0 saturated heterocycles. The summed E-state index contributed by atoms with van der Waals surface area (Å²) in [7, 11) is 0. The van der Waals surface area contributed by atoms with Crippen molar-refractivity contribution in [2.75, 3.05) is 18.5 Å². The molecule has 0 fully saturated rings. The first-order valence-corrected chi connectivity index (χ1v) is 7.54. The van der Waals surface area contributed by atoms with Crippen molar-refractivity contribution < 1.29 is 4.74 Å². The zero-order valence-electron chi connectivity index (χ0n) is 12.0. The number of para-hydroxylation sites is 1. The number of ether oxygens (including phenoxy) is 1. The lowest BCUT2D eigenvalue weighted by molar-refractivity contribution is 0.330. The second-order valence-corrected chi connectivity index (χ2v) is 5.29. The number of allylic oxidation sites excluding steroid dienone is 1. The van der Waals surface area contributed by atoms with Crippen molar-refractivity contribution in [2.45, 2.75) is 13.3 Å². The Bertz CT molecular complexity index is 616. The number of aryl methyl sites for hydroxylation is 1. The smallest absolute Gasteiger partial charge is 0.144 e. The lowest BCUT2D eigenvalue weighted by atomic mass is 10.1. The molecule has 1 N–H and O–H groups in total. The van der Waals surface area contributed by atoms with Gasteiger partial charge >= 0.3 is 0 Å². The van der Waals surface area contributed by atoms with Crippen LogP contribution in [0.25, 0.3) is 0 Å². The first-order valence-electron chi connectivity index (χ1n) is 6.75. The molecule has 0 saturated carbocycles. The van der Waals surface area contributed by atoms with E-state index in [2.05, 4.69) is 43.9 Å². The van der Waals surface area contributed by atoms with Gasteiger partial charge in [-0.2, -0.15) is 0 Å². The summed E-state index contributed by atoms with van der Waals surface area (Å²) in [5.41, 5.74) is 2.05. The lowest BCUT2D eigenvalue weighted by Gasteiger charge is -2.12. The Hall–Kier alpha value is -1.88. The quantitative estimate of drug-likeness (QED) is 0.611. The van der Waals surface area contributed by atoms with Crippen LogP contribution in [-0.2, 0) is 6.42 Å². The Kier molecular flexibility index (Phi) is 5.75. The van der Waals surface area contributed by atoms with Crippen LogP contribution in [0.1, 0.15) is 11.3 Å². The summed E-state index contributed by atoms with van der Waals surface area (Å²) in [6, 6.07) is 8.00. The minimum Gasteiger partial charge on any atom is -0.491 e. The van der Waals surface area contributed by atoms with E-state index in [1.54, 1.807) is 6.33 Å². The first kappa shape index (κ1) is 15.5. The average molecular weight is 348 g/mol. The molecule has 2 aromatic rings. The number of hydrogen-bond acceptors (Lipinski definition) is 4. The number of halogens is 1. The van der Waals surface area contributed by atoms with Crippen molar-refractivity contribution in [3.8, 4) is 5.75 Å². The largest absolute Gasteiger partial charge is 0.491 e. The van der Waals surface area contributed by atoms with Gasteiger partial charge in [0.15, 0.2) is 0 Å². The van der Waals surface area contributed by atoms with E-state index in [1.807, 2.05) is 31.2 Å². The molecule has 0 unspecified atom stereocenters. The van der Waals surface area contributed by atoms with Crippen molar-refractivity contribution in [1.29, 1.82) is 0 Å². The topological polar surface area (TPSA) is 47.0 Å². The molecule has 4 nitrogen and oxygen atoms in total. The van der Waals surface area contributed by atoms with Crippen molar-refractivity contribution in [1.82, 2.24) is 9.97 Å².